The number of nitrogens with one attached hydrogen (secondary N) is 1. The van der Waals surface area contributed by atoms with Crippen molar-refractivity contribution in [3.63, 3.8) is 0 Å². The van der Waals surface area contributed by atoms with Crippen LogP contribution in [0.3, 0.4) is 0 Å². The monoisotopic (exact) mass is 744 g/mol. The van der Waals surface area contributed by atoms with E-state index in [0.29, 0.717) is 11.4 Å². The van der Waals surface area contributed by atoms with Gasteiger partial charge in [0.15, 0.2) is 0 Å². The lowest BCUT2D eigenvalue weighted by atomic mass is 9.96. The van der Waals surface area contributed by atoms with Gasteiger partial charge in [0.05, 0.1) is 27.8 Å². The van der Waals surface area contributed by atoms with Crippen LogP contribution in [0.1, 0.15) is 16.7 Å². The molecule has 0 spiro atoms. The van der Waals surface area contributed by atoms with Crippen molar-refractivity contribution >= 4 is 76.6 Å². The molecule has 3 N–H and O–H groups in total. The van der Waals surface area contributed by atoms with Crippen LogP contribution in [0.4, 0.5) is 0 Å². The third kappa shape index (κ3) is 5.91. The van der Waals surface area contributed by atoms with E-state index in [0.717, 1.165) is 33.5 Å². The summed E-state index contributed by atoms with van der Waals surface area (Å²) >= 11 is 0. The van der Waals surface area contributed by atoms with Crippen molar-refractivity contribution in [3.05, 3.63) is 223 Å². The van der Waals surface area contributed by atoms with Crippen LogP contribution in [0, 0.1) is 12.3 Å². The Kier molecular flexibility index (Phi) is 8.65. The van der Waals surface area contributed by atoms with Gasteiger partial charge in [-0.15, -0.1) is 0 Å². The minimum Gasteiger partial charge on any atom is -0.398 e. The Morgan fingerprint density at radius 2 is 1.00 bits per heavy atom. The van der Waals surface area contributed by atoms with Crippen LogP contribution in [0.15, 0.2) is 206 Å². The highest BCUT2D eigenvalue weighted by Crippen LogP contribution is 2.43. The van der Waals surface area contributed by atoms with E-state index in [1.807, 2.05) is 60.7 Å². The molecule has 58 heavy (non-hydrogen) atoms. The molecule has 0 saturated carbocycles. The number of aromatic nitrogens is 2. The average molecular weight is 745 g/mol. The van der Waals surface area contributed by atoms with Gasteiger partial charge in [-0.2, -0.15) is 0 Å². The van der Waals surface area contributed by atoms with Crippen LogP contribution >= 0.6 is 0 Å². The summed E-state index contributed by atoms with van der Waals surface area (Å²) in [5, 5.41) is 18.5. The number of allylic oxidation sites excluding steroid dienone is 1. The average Bonchev–Trinajstić information content (AvgIpc) is 3.81. The van der Waals surface area contributed by atoms with Crippen LogP contribution in [-0.4, -0.2) is 14.8 Å². The van der Waals surface area contributed by atoms with Gasteiger partial charge < -0.3 is 20.3 Å². The first-order chi connectivity index (χ1) is 28.5. The number of nitrogens with zero attached hydrogens (tertiary/aromatic N) is 2. The van der Waals surface area contributed by atoms with Crippen LogP contribution in [0.25, 0.3) is 82.2 Å². The quantitative estimate of drug-likeness (QED) is 0.134. The lowest BCUT2D eigenvalue weighted by Crippen LogP contribution is -2.03. The van der Waals surface area contributed by atoms with E-state index in [1.54, 1.807) is 6.08 Å². The first-order valence-electron chi connectivity index (χ1n) is 19.6. The summed E-state index contributed by atoms with van der Waals surface area (Å²) in [6, 6.07) is 70.1. The molecule has 276 valence electrons. The number of hydrogen-bond donors (Lipinski definition) is 2. The molecule has 2 heterocycles. The molecule has 0 radical (unpaired) electrons. The molecule has 0 unspecified atom stereocenters. The summed E-state index contributed by atoms with van der Waals surface area (Å²) in [5.74, 6) is 0. The standard InChI is InChI=1S/C47H32N4.C7H8/c48-40(30-12-3-1-4-13-30)29-41(49)32-14-11-17-34(28-32)50-43-21-10-8-19-39(43)46-37-24-22-31-23-25-38-35-18-7-9-20-42(35)51(33-15-5-2-6-16-33)47(38)45(31)36(37)26-27-44(46)50;1-7-5-3-2-4-6-7/h1-29,48H,49H2;2-6H,1H3/b41-29-,48-40?;. The molecule has 11 aromatic rings. The Balaban J connectivity index is 0.000000530. The lowest BCUT2D eigenvalue weighted by Gasteiger charge is -2.13. The van der Waals surface area contributed by atoms with Crippen molar-refractivity contribution in [3.8, 4) is 11.4 Å². The van der Waals surface area contributed by atoms with Crippen molar-refractivity contribution in [1.29, 1.82) is 5.41 Å². The molecular weight excluding hydrogens is 705 g/mol. The highest BCUT2D eigenvalue weighted by molar-refractivity contribution is 6.31. The third-order valence-corrected chi connectivity index (χ3v) is 11.2. The minimum absolute atomic E-state index is 0.384. The summed E-state index contributed by atoms with van der Waals surface area (Å²) in [4.78, 5) is 0. The molecule has 11 rings (SSSR count). The van der Waals surface area contributed by atoms with Crippen molar-refractivity contribution in [2.45, 2.75) is 6.92 Å². The van der Waals surface area contributed by atoms with Crippen molar-refractivity contribution < 1.29 is 0 Å². The van der Waals surface area contributed by atoms with E-state index in [-0.39, 0.29) is 0 Å². The fourth-order valence-electron chi connectivity index (χ4n) is 8.57. The first kappa shape index (κ1) is 34.8. The Bertz CT molecular complexity index is 3350. The molecule has 0 aliphatic carbocycles. The maximum Gasteiger partial charge on any atom is 0.0632 e. The Morgan fingerprint density at radius 1 is 0.448 bits per heavy atom. The molecule has 0 saturated heterocycles. The molecule has 0 aliphatic rings. The number of aryl methyl sites for hydroxylation is 1. The maximum atomic E-state index is 8.63. The van der Waals surface area contributed by atoms with Gasteiger partial charge in [0, 0.05) is 44.0 Å². The molecular formula is C54H40N4. The van der Waals surface area contributed by atoms with Crippen LogP contribution < -0.4 is 5.73 Å². The molecule has 4 nitrogen and oxygen atoms in total. The number of benzene rings is 9. The second-order valence-electron chi connectivity index (χ2n) is 14.8. The van der Waals surface area contributed by atoms with Gasteiger partial charge in [-0.25, -0.2) is 0 Å². The van der Waals surface area contributed by atoms with Crippen LogP contribution in [0.5, 0.6) is 0 Å². The Hall–Kier alpha value is -7.69. The van der Waals surface area contributed by atoms with Gasteiger partial charge in [0.1, 0.15) is 0 Å². The second-order valence-corrected chi connectivity index (χ2v) is 14.8. The molecule has 0 aliphatic heterocycles. The number of nitrogens with two attached hydrogens (primary N) is 1. The molecule has 9 aromatic carbocycles. The number of rotatable bonds is 5. The molecule has 4 heteroatoms. The largest absolute Gasteiger partial charge is 0.398 e. The third-order valence-electron chi connectivity index (χ3n) is 11.2. The molecule has 0 amide bonds. The summed E-state index contributed by atoms with van der Waals surface area (Å²) in [7, 11) is 0. The molecule has 2 aromatic heterocycles. The summed E-state index contributed by atoms with van der Waals surface area (Å²) < 4.78 is 4.77. The van der Waals surface area contributed by atoms with Gasteiger partial charge in [-0.1, -0.05) is 163 Å². The topological polar surface area (TPSA) is 59.7 Å². The van der Waals surface area contributed by atoms with Crippen molar-refractivity contribution in [1.82, 2.24) is 9.13 Å². The maximum absolute atomic E-state index is 8.63. The first-order valence-corrected chi connectivity index (χ1v) is 19.6. The van der Waals surface area contributed by atoms with E-state index in [4.69, 9.17) is 11.1 Å². The predicted molar refractivity (Wildman–Crippen MR) is 247 cm³/mol. The second kappa shape index (κ2) is 14.4. The molecule has 0 bridgehead atoms. The van der Waals surface area contributed by atoms with Gasteiger partial charge in [0.2, 0.25) is 0 Å². The fourth-order valence-corrected chi connectivity index (χ4v) is 8.57. The van der Waals surface area contributed by atoms with E-state index >= 15 is 0 Å². The van der Waals surface area contributed by atoms with E-state index in [9.17, 15) is 0 Å². The minimum atomic E-state index is 0.384. The van der Waals surface area contributed by atoms with Gasteiger partial charge in [-0.3, -0.25) is 0 Å². The Morgan fingerprint density at radius 3 is 1.71 bits per heavy atom. The highest BCUT2D eigenvalue weighted by atomic mass is 15.0. The predicted octanol–water partition coefficient (Wildman–Crippen LogP) is 13.5. The highest BCUT2D eigenvalue weighted by Gasteiger charge is 2.20. The fraction of sp³-hybridized carbons (Fsp3) is 0.0185. The summed E-state index contributed by atoms with van der Waals surface area (Å²) in [6.45, 7) is 2.08. The zero-order valence-corrected chi connectivity index (χ0v) is 32.1. The lowest BCUT2D eigenvalue weighted by molar-refractivity contribution is 1.18. The number of fused-ring (bicyclic) bond motifs is 11. The van der Waals surface area contributed by atoms with Crippen molar-refractivity contribution in [2.24, 2.45) is 5.73 Å². The van der Waals surface area contributed by atoms with Gasteiger partial charge in [0.25, 0.3) is 0 Å². The number of para-hydroxylation sites is 3. The smallest absolute Gasteiger partial charge is 0.0632 e. The normalized spacial score (nSPS) is 11.8. The summed E-state index contributed by atoms with van der Waals surface area (Å²) in [6.07, 6.45) is 1.74. The summed E-state index contributed by atoms with van der Waals surface area (Å²) in [5.41, 5.74) is 17.5. The van der Waals surface area contributed by atoms with Crippen molar-refractivity contribution in [2.75, 3.05) is 0 Å². The van der Waals surface area contributed by atoms with Gasteiger partial charge >= 0.3 is 0 Å². The van der Waals surface area contributed by atoms with Gasteiger partial charge in [-0.05, 0) is 82.7 Å². The number of hydrogen-bond acceptors (Lipinski definition) is 2. The molecule has 0 atom stereocenters. The van der Waals surface area contributed by atoms with E-state index in [2.05, 4.69) is 156 Å². The SMILES string of the molecule is Cc1ccccc1.N=C(/C=C(\N)c1cccc(-n2c3ccccc3c3c4ccc5ccc6c7ccccc7n(-c7ccccc7)c6c5c4ccc32)c1)c1ccccc1. The van der Waals surface area contributed by atoms with Crippen LogP contribution in [0.2, 0.25) is 0 Å². The zero-order chi connectivity index (χ0) is 39.2. The van der Waals surface area contributed by atoms with Crippen LogP contribution in [-0.2, 0) is 0 Å². The molecule has 0 fully saturated rings. The van der Waals surface area contributed by atoms with E-state index in [1.165, 1.54) is 59.7 Å². The Labute approximate surface area is 336 Å². The zero-order valence-electron chi connectivity index (χ0n) is 32.1. The van der Waals surface area contributed by atoms with E-state index < -0.39 is 0 Å².